The van der Waals surface area contributed by atoms with Crippen LogP contribution in [0.4, 0.5) is 0 Å². The number of carbonyl (C=O) groups is 2. The van der Waals surface area contributed by atoms with Crippen LogP contribution in [0.2, 0.25) is 0 Å². The van der Waals surface area contributed by atoms with Crippen LogP contribution >= 0.6 is 0 Å². The van der Waals surface area contributed by atoms with Crippen molar-refractivity contribution in [1.29, 1.82) is 0 Å². The third-order valence-electron chi connectivity index (χ3n) is 5.76. The molecule has 0 aromatic heterocycles. The number of fused-ring (bicyclic) bond motifs is 2. The molecule has 2 amide bonds. The van der Waals surface area contributed by atoms with Gasteiger partial charge >= 0.3 is 0 Å². The van der Waals surface area contributed by atoms with E-state index in [1.165, 1.54) is 19.3 Å². The molecule has 2 saturated carbocycles. The molecule has 0 aromatic carbocycles. The van der Waals surface area contributed by atoms with Gasteiger partial charge in [0.25, 0.3) is 0 Å². The maximum atomic E-state index is 12.9. The predicted octanol–water partition coefficient (Wildman–Crippen LogP) is 0.877. The van der Waals surface area contributed by atoms with Crippen molar-refractivity contribution >= 4 is 11.8 Å². The molecule has 3 fully saturated rings. The zero-order chi connectivity index (χ0) is 15.0. The molecule has 5 heteroatoms. The Hall–Kier alpha value is -1.10. The van der Waals surface area contributed by atoms with E-state index < -0.39 is 0 Å². The molecule has 1 aliphatic heterocycles. The fraction of sp³-hybridized carbons (Fsp3) is 0.875. The molecule has 0 radical (unpaired) electrons. The lowest BCUT2D eigenvalue weighted by molar-refractivity contribution is -0.148. The number of hydrogen-bond acceptors (Lipinski definition) is 3. The summed E-state index contributed by atoms with van der Waals surface area (Å²) in [4.78, 5) is 26.7. The summed E-state index contributed by atoms with van der Waals surface area (Å²) in [7, 11) is 0. The first-order chi connectivity index (χ1) is 10.1. The van der Waals surface area contributed by atoms with Gasteiger partial charge in [-0.3, -0.25) is 9.59 Å². The number of nitrogens with zero attached hydrogens (tertiary/aromatic N) is 1. The summed E-state index contributed by atoms with van der Waals surface area (Å²) in [6, 6.07) is 0.0103. The zero-order valence-electron chi connectivity index (χ0n) is 12.9. The number of rotatable bonds is 2. The first kappa shape index (κ1) is 14.8. The van der Waals surface area contributed by atoms with Gasteiger partial charge in [0.05, 0.1) is 0 Å². The van der Waals surface area contributed by atoms with Crippen molar-refractivity contribution in [1.82, 2.24) is 10.2 Å². The van der Waals surface area contributed by atoms with E-state index in [1.807, 2.05) is 11.8 Å². The van der Waals surface area contributed by atoms with Crippen LogP contribution in [0.1, 0.15) is 45.4 Å². The van der Waals surface area contributed by atoms with Crippen LogP contribution < -0.4 is 11.1 Å². The van der Waals surface area contributed by atoms with Crippen molar-refractivity contribution in [3.8, 4) is 0 Å². The highest BCUT2D eigenvalue weighted by atomic mass is 16.2. The van der Waals surface area contributed by atoms with Gasteiger partial charge in [0, 0.05) is 25.0 Å². The normalized spacial score (nSPS) is 39.8. The van der Waals surface area contributed by atoms with Crippen molar-refractivity contribution in [3.63, 3.8) is 0 Å². The highest BCUT2D eigenvalue weighted by Crippen LogP contribution is 2.42. The van der Waals surface area contributed by atoms with Gasteiger partial charge in [-0.25, -0.2) is 0 Å². The zero-order valence-corrected chi connectivity index (χ0v) is 12.9. The highest BCUT2D eigenvalue weighted by molar-refractivity contribution is 5.89. The smallest absolute Gasteiger partial charge is 0.242 e. The SMILES string of the molecule is CCC1C(=O)NCCN1C(=O)C1CC2CCCC(C1)C2N. The Morgan fingerprint density at radius 1 is 1.33 bits per heavy atom. The van der Waals surface area contributed by atoms with Crippen molar-refractivity contribution in [2.24, 2.45) is 23.5 Å². The van der Waals surface area contributed by atoms with Gasteiger partial charge in [0.15, 0.2) is 0 Å². The molecule has 3 aliphatic rings. The highest BCUT2D eigenvalue weighted by Gasteiger charge is 2.43. The summed E-state index contributed by atoms with van der Waals surface area (Å²) in [6.45, 7) is 3.21. The van der Waals surface area contributed by atoms with Crippen LogP contribution in [0.15, 0.2) is 0 Å². The summed E-state index contributed by atoms with van der Waals surface area (Å²) < 4.78 is 0. The topological polar surface area (TPSA) is 75.4 Å². The minimum atomic E-state index is -0.276. The van der Waals surface area contributed by atoms with Crippen molar-refractivity contribution < 1.29 is 9.59 Å². The monoisotopic (exact) mass is 293 g/mol. The number of piperazine rings is 1. The minimum Gasteiger partial charge on any atom is -0.353 e. The number of nitrogens with one attached hydrogen (secondary N) is 1. The van der Waals surface area contributed by atoms with Gasteiger partial charge in [-0.1, -0.05) is 13.3 Å². The standard InChI is InChI=1S/C16H27N3O2/c1-2-13-15(20)18-6-7-19(13)16(21)12-8-10-4-3-5-11(9-12)14(10)17/h10-14H,2-9,17H2,1H3,(H,18,20). The minimum absolute atomic E-state index is 0.00445. The number of nitrogens with two attached hydrogens (primary N) is 1. The van der Waals surface area contributed by atoms with Crippen molar-refractivity contribution in [2.45, 2.75) is 57.5 Å². The Bertz CT molecular complexity index is 412. The second-order valence-corrected chi connectivity index (χ2v) is 6.94. The van der Waals surface area contributed by atoms with E-state index in [9.17, 15) is 9.59 Å². The molecule has 3 rings (SSSR count). The van der Waals surface area contributed by atoms with Gasteiger partial charge in [-0.05, 0) is 43.9 Å². The van der Waals surface area contributed by atoms with E-state index in [0.29, 0.717) is 31.3 Å². The third-order valence-corrected chi connectivity index (χ3v) is 5.76. The van der Waals surface area contributed by atoms with Crippen LogP contribution in [-0.4, -0.2) is 41.9 Å². The summed E-state index contributed by atoms with van der Waals surface area (Å²) in [6.07, 6.45) is 6.12. The Morgan fingerprint density at radius 2 is 2.00 bits per heavy atom. The van der Waals surface area contributed by atoms with E-state index in [2.05, 4.69) is 5.32 Å². The van der Waals surface area contributed by atoms with Crippen LogP contribution in [0, 0.1) is 17.8 Å². The summed E-state index contributed by atoms with van der Waals surface area (Å²) >= 11 is 0. The summed E-state index contributed by atoms with van der Waals surface area (Å²) in [5.74, 6) is 1.29. The lowest BCUT2D eigenvalue weighted by atomic mass is 9.65. The number of carbonyl (C=O) groups excluding carboxylic acids is 2. The van der Waals surface area contributed by atoms with Gasteiger partial charge in [0.2, 0.25) is 11.8 Å². The summed E-state index contributed by atoms with van der Waals surface area (Å²) in [5, 5.41) is 2.86. The van der Waals surface area contributed by atoms with Gasteiger partial charge in [-0.2, -0.15) is 0 Å². The van der Waals surface area contributed by atoms with Crippen LogP contribution in [-0.2, 0) is 9.59 Å². The molecule has 3 unspecified atom stereocenters. The second kappa shape index (κ2) is 5.95. The molecule has 0 aromatic rings. The van der Waals surface area contributed by atoms with E-state index in [-0.39, 0.29) is 29.8 Å². The first-order valence-corrected chi connectivity index (χ1v) is 8.45. The lowest BCUT2D eigenvalue weighted by Gasteiger charge is -2.45. The van der Waals surface area contributed by atoms with Crippen molar-refractivity contribution in [3.05, 3.63) is 0 Å². The molecule has 3 atom stereocenters. The van der Waals surface area contributed by atoms with Crippen LogP contribution in [0.3, 0.4) is 0 Å². The van der Waals surface area contributed by atoms with Crippen molar-refractivity contribution in [2.75, 3.05) is 13.1 Å². The molecule has 1 heterocycles. The maximum absolute atomic E-state index is 12.9. The molecule has 0 spiro atoms. The third kappa shape index (κ3) is 2.68. The predicted molar refractivity (Wildman–Crippen MR) is 80.3 cm³/mol. The second-order valence-electron chi connectivity index (χ2n) is 6.94. The fourth-order valence-corrected chi connectivity index (χ4v) is 4.61. The largest absolute Gasteiger partial charge is 0.353 e. The molecule has 2 bridgehead atoms. The fourth-order valence-electron chi connectivity index (χ4n) is 4.61. The molecule has 118 valence electrons. The average Bonchev–Trinajstić information content (AvgIpc) is 2.46. The quantitative estimate of drug-likeness (QED) is 0.793. The Morgan fingerprint density at radius 3 is 2.62 bits per heavy atom. The van der Waals surface area contributed by atoms with Gasteiger partial charge in [-0.15, -0.1) is 0 Å². The molecule has 1 saturated heterocycles. The molecule has 2 aliphatic carbocycles. The average molecular weight is 293 g/mol. The molecular formula is C16H27N3O2. The van der Waals surface area contributed by atoms with E-state index >= 15 is 0 Å². The molecule has 3 N–H and O–H groups in total. The van der Waals surface area contributed by atoms with Crippen LogP contribution in [0.25, 0.3) is 0 Å². The van der Waals surface area contributed by atoms with E-state index in [1.54, 1.807) is 0 Å². The molecule has 5 nitrogen and oxygen atoms in total. The molecular weight excluding hydrogens is 266 g/mol. The van der Waals surface area contributed by atoms with Gasteiger partial charge < -0.3 is 16.0 Å². The maximum Gasteiger partial charge on any atom is 0.242 e. The van der Waals surface area contributed by atoms with E-state index in [0.717, 1.165) is 12.8 Å². The number of amides is 2. The Balaban J connectivity index is 1.71. The van der Waals surface area contributed by atoms with Crippen LogP contribution in [0.5, 0.6) is 0 Å². The Labute approximate surface area is 126 Å². The van der Waals surface area contributed by atoms with Gasteiger partial charge in [0.1, 0.15) is 6.04 Å². The van der Waals surface area contributed by atoms with E-state index in [4.69, 9.17) is 5.73 Å². The molecule has 21 heavy (non-hydrogen) atoms. The Kier molecular flexibility index (Phi) is 4.20. The number of hydrogen-bond donors (Lipinski definition) is 2. The lowest BCUT2D eigenvalue weighted by Crippen LogP contribution is -2.59. The first-order valence-electron chi connectivity index (χ1n) is 8.45. The summed E-state index contributed by atoms with van der Waals surface area (Å²) in [5.41, 5.74) is 6.31.